The summed E-state index contributed by atoms with van der Waals surface area (Å²) in [6.07, 6.45) is 7.18. The predicted octanol–water partition coefficient (Wildman–Crippen LogP) is 6.09. The summed E-state index contributed by atoms with van der Waals surface area (Å²) in [5.41, 5.74) is 3.48. The van der Waals surface area contributed by atoms with Crippen molar-refractivity contribution in [3.63, 3.8) is 0 Å². The van der Waals surface area contributed by atoms with Gasteiger partial charge in [-0.05, 0) is 41.8 Å². The van der Waals surface area contributed by atoms with E-state index in [9.17, 15) is 0 Å². The second-order valence-corrected chi connectivity index (χ2v) is 14.2. The highest BCUT2D eigenvalue weighted by Crippen LogP contribution is 2.60. The van der Waals surface area contributed by atoms with Gasteiger partial charge in [-0.1, -0.05) is 63.1 Å². The molecule has 0 radical (unpaired) electrons. The summed E-state index contributed by atoms with van der Waals surface area (Å²) < 4.78 is 3.59. The smallest absolute Gasteiger partial charge is 0.0569 e. The van der Waals surface area contributed by atoms with Gasteiger partial charge in [-0.15, -0.1) is 0 Å². The summed E-state index contributed by atoms with van der Waals surface area (Å²) in [6, 6.07) is 10.4. The van der Waals surface area contributed by atoms with E-state index in [-0.39, 0.29) is 0 Å². The standard InChI is InChI=1S/C17H27NSSi/c1-20(2,3)13-17(11-7-4-8-12-17)16-14-9-5-6-10-15(14)18-19-16/h5-6,9-10,16,18H,4,7-8,11-13H2,1-3H3. The van der Waals surface area contributed by atoms with Crippen LogP contribution >= 0.6 is 11.9 Å². The molecule has 1 aromatic rings. The van der Waals surface area contributed by atoms with Crippen molar-refractivity contribution in [2.24, 2.45) is 5.41 Å². The minimum absolute atomic E-state index is 0.549. The predicted molar refractivity (Wildman–Crippen MR) is 94.1 cm³/mol. The lowest BCUT2D eigenvalue weighted by atomic mass is 9.71. The van der Waals surface area contributed by atoms with E-state index in [2.05, 4.69) is 48.6 Å². The lowest BCUT2D eigenvalue weighted by Gasteiger charge is -2.45. The molecule has 1 saturated carbocycles. The number of fused-ring (bicyclic) bond motifs is 1. The lowest BCUT2D eigenvalue weighted by Crippen LogP contribution is -2.37. The molecule has 1 aromatic carbocycles. The second kappa shape index (κ2) is 5.41. The normalized spacial score (nSPS) is 25.1. The van der Waals surface area contributed by atoms with Crippen molar-refractivity contribution in [1.82, 2.24) is 0 Å². The van der Waals surface area contributed by atoms with Crippen LogP contribution in [0.2, 0.25) is 25.7 Å². The molecule has 0 bridgehead atoms. The van der Waals surface area contributed by atoms with Gasteiger partial charge < -0.3 is 4.72 Å². The van der Waals surface area contributed by atoms with Crippen LogP contribution in [0.25, 0.3) is 0 Å². The Morgan fingerprint density at radius 1 is 1.15 bits per heavy atom. The molecule has 1 atom stereocenters. The zero-order chi connectivity index (χ0) is 14.2. The lowest BCUT2D eigenvalue weighted by molar-refractivity contribution is 0.208. The molecule has 0 spiro atoms. The third-order valence-electron chi connectivity index (χ3n) is 4.82. The minimum atomic E-state index is -1.05. The Morgan fingerprint density at radius 2 is 1.85 bits per heavy atom. The third kappa shape index (κ3) is 2.80. The van der Waals surface area contributed by atoms with E-state index in [4.69, 9.17) is 0 Å². The van der Waals surface area contributed by atoms with Crippen LogP contribution < -0.4 is 4.72 Å². The third-order valence-corrected chi connectivity index (χ3v) is 7.91. The molecule has 110 valence electrons. The fourth-order valence-corrected chi connectivity index (χ4v) is 8.45. The fraction of sp³-hybridized carbons (Fsp3) is 0.647. The van der Waals surface area contributed by atoms with E-state index in [1.54, 1.807) is 5.56 Å². The topological polar surface area (TPSA) is 12.0 Å². The van der Waals surface area contributed by atoms with E-state index < -0.39 is 8.07 Å². The number of benzene rings is 1. The molecule has 0 saturated heterocycles. The number of nitrogens with one attached hydrogen (secondary N) is 1. The van der Waals surface area contributed by atoms with Crippen LogP contribution in [0.3, 0.4) is 0 Å². The van der Waals surface area contributed by atoms with Gasteiger partial charge in [-0.3, -0.25) is 0 Å². The minimum Gasteiger partial charge on any atom is -0.329 e. The highest BCUT2D eigenvalue weighted by molar-refractivity contribution is 8.01. The van der Waals surface area contributed by atoms with Gasteiger partial charge in [0.05, 0.1) is 5.25 Å². The second-order valence-electron chi connectivity index (χ2n) is 7.85. The average molecular weight is 306 g/mol. The molecule has 1 aliphatic heterocycles. The molecule has 1 nitrogen and oxygen atoms in total. The van der Waals surface area contributed by atoms with Gasteiger partial charge in [0.1, 0.15) is 0 Å². The van der Waals surface area contributed by atoms with Crippen molar-refractivity contribution in [3.8, 4) is 0 Å². The van der Waals surface area contributed by atoms with Crippen molar-refractivity contribution in [1.29, 1.82) is 0 Å². The van der Waals surface area contributed by atoms with Crippen LogP contribution in [0.1, 0.15) is 42.9 Å². The molecule has 1 unspecified atom stereocenters. The summed E-state index contributed by atoms with van der Waals surface area (Å²) in [5.74, 6) is 0. The Balaban J connectivity index is 1.94. The molecular formula is C17H27NSSi. The van der Waals surface area contributed by atoms with Gasteiger partial charge in [0.25, 0.3) is 0 Å². The molecular weight excluding hydrogens is 278 g/mol. The van der Waals surface area contributed by atoms with Gasteiger partial charge in [0.15, 0.2) is 0 Å². The van der Waals surface area contributed by atoms with Crippen molar-refractivity contribution >= 4 is 25.7 Å². The molecule has 0 aromatic heterocycles. The van der Waals surface area contributed by atoms with Crippen molar-refractivity contribution in [3.05, 3.63) is 29.8 Å². The first-order valence-electron chi connectivity index (χ1n) is 8.01. The largest absolute Gasteiger partial charge is 0.329 e. The Morgan fingerprint density at radius 3 is 2.55 bits per heavy atom. The molecule has 1 N–H and O–H groups in total. The highest BCUT2D eigenvalue weighted by Gasteiger charge is 2.46. The van der Waals surface area contributed by atoms with E-state index >= 15 is 0 Å². The molecule has 3 rings (SSSR count). The van der Waals surface area contributed by atoms with Crippen LogP contribution in [0, 0.1) is 5.41 Å². The van der Waals surface area contributed by atoms with Crippen molar-refractivity contribution in [2.45, 2.75) is 63.0 Å². The summed E-state index contributed by atoms with van der Waals surface area (Å²) in [5, 5.41) is 0.672. The quantitative estimate of drug-likeness (QED) is 0.535. The number of rotatable bonds is 3. The van der Waals surface area contributed by atoms with E-state index in [1.165, 1.54) is 43.8 Å². The fourth-order valence-electron chi connectivity index (χ4n) is 4.30. The zero-order valence-corrected chi connectivity index (χ0v) is 14.9. The maximum absolute atomic E-state index is 3.59. The molecule has 2 aliphatic rings. The summed E-state index contributed by atoms with van der Waals surface area (Å²) in [6.45, 7) is 7.63. The summed E-state index contributed by atoms with van der Waals surface area (Å²) >= 11 is 1.99. The highest BCUT2D eigenvalue weighted by atomic mass is 32.2. The molecule has 3 heteroatoms. The monoisotopic (exact) mass is 305 g/mol. The van der Waals surface area contributed by atoms with Crippen LogP contribution in [0.5, 0.6) is 0 Å². The SMILES string of the molecule is C[Si](C)(C)CC1(C2SNc3ccccc32)CCCCC1. The van der Waals surface area contributed by atoms with Crippen molar-refractivity contribution in [2.75, 3.05) is 4.72 Å². The molecule has 1 fully saturated rings. The molecule has 1 aliphatic carbocycles. The summed E-state index contributed by atoms with van der Waals surface area (Å²) in [4.78, 5) is 0. The van der Waals surface area contributed by atoms with Gasteiger partial charge in [-0.25, -0.2) is 0 Å². The first kappa shape index (κ1) is 14.5. The zero-order valence-electron chi connectivity index (χ0n) is 13.0. The van der Waals surface area contributed by atoms with Crippen LogP contribution in [-0.4, -0.2) is 8.07 Å². The Labute approximate surface area is 129 Å². The number of anilines is 1. The van der Waals surface area contributed by atoms with E-state index in [0.717, 1.165) is 0 Å². The van der Waals surface area contributed by atoms with E-state index in [1.807, 2.05) is 11.9 Å². The Kier molecular flexibility index (Phi) is 3.93. The maximum atomic E-state index is 3.59. The van der Waals surface area contributed by atoms with Crippen LogP contribution in [0.4, 0.5) is 5.69 Å². The van der Waals surface area contributed by atoms with Gasteiger partial charge >= 0.3 is 0 Å². The van der Waals surface area contributed by atoms with Crippen LogP contribution in [-0.2, 0) is 0 Å². The van der Waals surface area contributed by atoms with Gasteiger partial charge in [0.2, 0.25) is 0 Å². The van der Waals surface area contributed by atoms with Gasteiger partial charge in [0, 0.05) is 13.8 Å². The Bertz CT molecular complexity index is 474. The van der Waals surface area contributed by atoms with E-state index in [0.29, 0.717) is 10.7 Å². The van der Waals surface area contributed by atoms with Gasteiger partial charge in [-0.2, -0.15) is 0 Å². The molecule has 20 heavy (non-hydrogen) atoms. The number of hydrogen-bond acceptors (Lipinski definition) is 2. The maximum Gasteiger partial charge on any atom is 0.0569 e. The average Bonchev–Trinajstić information content (AvgIpc) is 2.82. The molecule has 0 amide bonds. The number of hydrogen-bond donors (Lipinski definition) is 1. The Hall–Kier alpha value is -0.413. The molecule has 1 heterocycles. The summed E-state index contributed by atoms with van der Waals surface area (Å²) in [7, 11) is -1.05. The van der Waals surface area contributed by atoms with Crippen LogP contribution in [0.15, 0.2) is 24.3 Å². The first-order chi connectivity index (χ1) is 9.50. The first-order valence-corrected chi connectivity index (χ1v) is 12.6. The van der Waals surface area contributed by atoms with Crippen molar-refractivity contribution < 1.29 is 0 Å². The number of para-hydroxylation sites is 1.